The summed E-state index contributed by atoms with van der Waals surface area (Å²) in [6.07, 6.45) is 0. The average Bonchev–Trinajstić information content (AvgIpc) is 3.93. The van der Waals surface area contributed by atoms with Crippen molar-refractivity contribution in [3.63, 3.8) is 0 Å². The van der Waals surface area contributed by atoms with Crippen molar-refractivity contribution in [3.05, 3.63) is 255 Å². The predicted molar refractivity (Wildman–Crippen MR) is 277 cm³/mol. The number of thiophene rings is 1. The van der Waals surface area contributed by atoms with E-state index in [1.807, 2.05) is 11.3 Å². The van der Waals surface area contributed by atoms with Crippen LogP contribution in [0.1, 0.15) is 0 Å². The summed E-state index contributed by atoms with van der Waals surface area (Å²) in [6, 6.07) is 94.2. The molecule has 12 rings (SSSR count). The second-order valence-corrected chi connectivity index (χ2v) is 21.3. The number of hydrogen-bond donors (Lipinski definition) is 0. The molecule has 0 fully saturated rings. The maximum absolute atomic E-state index is 2.81. The number of fused-ring (bicyclic) bond motifs is 6. The first-order valence-corrected chi connectivity index (χ1v) is 24.7. The Morgan fingerprint density at radius 3 is 1.59 bits per heavy atom. The van der Waals surface area contributed by atoms with Gasteiger partial charge in [-0.2, -0.15) is 0 Å². The molecule has 0 atom stereocenters. The molecule has 4 heteroatoms. The first kappa shape index (κ1) is 38.0. The van der Waals surface area contributed by atoms with Crippen LogP contribution in [0.15, 0.2) is 255 Å². The largest absolute Gasteiger partial charge is 0.309 e. The Labute approximate surface area is 378 Å². The Kier molecular flexibility index (Phi) is 9.40. The third kappa shape index (κ3) is 6.14. The molecule has 0 bridgehead atoms. The molecule has 2 nitrogen and oxygen atoms in total. The van der Waals surface area contributed by atoms with Crippen molar-refractivity contribution in [2.45, 2.75) is 0 Å². The predicted octanol–water partition coefficient (Wildman–Crippen LogP) is 13.7. The maximum atomic E-state index is 2.49. The maximum Gasteiger partial charge on any atom is 0.179 e. The summed E-state index contributed by atoms with van der Waals surface area (Å²) in [7, 11) is -2.81. The zero-order valence-electron chi connectivity index (χ0n) is 35.1. The Morgan fingerprint density at radius 1 is 0.375 bits per heavy atom. The molecular formula is C60H42N2SSi. The van der Waals surface area contributed by atoms with Crippen molar-refractivity contribution in [1.82, 2.24) is 4.57 Å². The number of benzene rings is 10. The zero-order chi connectivity index (χ0) is 42.5. The smallest absolute Gasteiger partial charge is 0.179 e. The molecule has 12 aromatic rings. The Balaban J connectivity index is 1.08. The van der Waals surface area contributed by atoms with Crippen molar-refractivity contribution >= 4 is 99.2 Å². The topological polar surface area (TPSA) is 8.17 Å². The van der Waals surface area contributed by atoms with Crippen LogP contribution < -0.4 is 25.6 Å². The van der Waals surface area contributed by atoms with Crippen molar-refractivity contribution in [2.24, 2.45) is 0 Å². The standard InChI is InChI=1S/C60H42N2SSi/c1-5-20-44(21-6-1)62-55-34-15-13-31-54(55)59-51(32-18-35-56(59)62)43-38-40-45(41-39-43)61(57-36-19-33-53-52-30-14-16-37-58(52)63-60(53)57)46-22-17-29-50(42-46)64(47-23-7-2-8-24-47,48-25-9-3-10-26-48)49-27-11-4-12-28-49/h1-42H. The van der Waals surface area contributed by atoms with Crippen LogP contribution in [-0.2, 0) is 0 Å². The monoisotopic (exact) mass is 850 g/mol. The highest BCUT2D eigenvalue weighted by molar-refractivity contribution is 7.26. The molecule has 0 radical (unpaired) electrons. The van der Waals surface area contributed by atoms with Gasteiger partial charge in [-0.15, -0.1) is 11.3 Å². The average molecular weight is 851 g/mol. The zero-order valence-corrected chi connectivity index (χ0v) is 36.9. The fourth-order valence-corrected chi connectivity index (χ4v) is 16.2. The van der Waals surface area contributed by atoms with Gasteiger partial charge in [-0.25, -0.2) is 0 Å². The fourth-order valence-electron chi connectivity index (χ4n) is 10.2. The van der Waals surface area contributed by atoms with E-state index in [0.717, 1.165) is 17.1 Å². The summed E-state index contributed by atoms with van der Waals surface area (Å²) < 4.78 is 4.96. The SMILES string of the molecule is c1ccc(-n2c3ccccc3c3c(-c4ccc(N(c5cccc([Si](c6ccccc6)(c6ccccc6)c6ccccc6)c5)c5cccc6c5sc5ccccc56)cc4)cccc32)cc1. The lowest BCUT2D eigenvalue weighted by Gasteiger charge is -2.35. The second-order valence-electron chi connectivity index (χ2n) is 16.4. The molecule has 0 spiro atoms. The third-order valence-corrected chi connectivity index (χ3v) is 18.9. The molecule has 302 valence electrons. The minimum absolute atomic E-state index is 1.11. The van der Waals surface area contributed by atoms with Gasteiger partial charge in [-0.3, -0.25) is 0 Å². The van der Waals surface area contributed by atoms with E-state index in [0.29, 0.717) is 0 Å². The van der Waals surface area contributed by atoms with E-state index >= 15 is 0 Å². The van der Waals surface area contributed by atoms with Gasteiger partial charge in [0.15, 0.2) is 8.07 Å². The first-order valence-electron chi connectivity index (χ1n) is 21.9. The highest BCUT2D eigenvalue weighted by Crippen LogP contribution is 2.45. The highest BCUT2D eigenvalue weighted by Gasteiger charge is 2.41. The van der Waals surface area contributed by atoms with Gasteiger partial charge < -0.3 is 9.47 Å². The molecule has 0 N–H and O–H groups in total. The number of rotatable bonds is 9. The van der Waals surface area contributed by atoms with Crippen LogP contribution in [0.4, 0.5) is 17.1 Å². The molecule has 0 amide bonds. The number of aromatic nitrogens is 1. The van der Waals surface area contributed by atoms with Crippen LogP contribution in [0.5, 0.6) is 0 Å². The fraction of sp³-hybridized carbons (Fsp3) is 0. The van der Waals surface area contributed by atoms with E-state index in [9.17, 15) is 0 Å². The third-order valence-electron chi connectivity index (χ3n) is 12.9. The Bertz CT molecular complexity index is 3500. The Hall–Kier alpha value is -7.76. The van der Waals surface area contributed by atoms with Crippen molar-refractivity contribution in [3.8, 4) is 16.8 Å². The van der Waals surface area contributed by atoms with Gasteiger partial charge in [0.2, 0.25) is 0 Å². The minimum atomic E-state index is -2.81. The van der Waals surface area contributed by atoms with E-state index in [2.05, 4.69) is 264 Å². The number of hydrogen-bond acceptors (Lipinski definition) is 2. The molecule has 10 aromatic carbocycles. The van der Waals surface area contributed by atoms with Gasteiger partial charge in [0.05, 0.1) is 21.4 Å². The van der Waals surface area contributed by atoms with Crippen LogP contribution in [0.3, 0.4) is 0 Å². The summed E-state index contributed by atoms with van der Waals surface area (Å²) in [5, 5.41) is 10.5. The van der Waals surface area contributed by atoms with Crippen LogP contribution in [-0.4, -0.2) is 12.6 Å². The molecule has 0 aliphatic heterocycles. The van der Waals surface area contributed by atoms with Crippen LogP contribution in [0.2, 0.25) is 0 Å². The molecule has 64 heavy (non-hydrogen) atoms. The molecule has 0 saturated heterocycles. The van der Waals surface area contributed by atoms with Crippen LogP contribution in [0, 0.1) is 0 Å². The number of anilines is 3. The lowest BCUT2D eigenvalue weighted by Crippen LogP contribution is -2.74. The van der Waals surface area contributed by atoms with Crippen molar-refractivity contribution in [1.29, 1.82) is 0 Å². The summed E-state index contributed by atoms with van der Waals surface area (Å²) in [4.78, 5) is 2.49. The summed E-state index contributed by atoms with van der Waals surface area (Å²) in [6.45, 7) is 0. The van der Waals surface area contributed by atoms with Crippen LogP contribution >= 0.6 is 11.3 Å². The van der Waals surface area contributed by atoms with Crippen molar-refractivity contribution < 1.29 is 0 Å². The van der Waals surface area contributed by atoms with Gasteiger partial charge in [0, 0.05) is 43.3 Å². The van der Waals surface area contributed by atoms with Gasteiger partial charge in [0.1, 0.15) is 0 Å². The minimum Gasteiger partial charge on any atom is -0.309 e. The first-order chi connectivity index (χ1) is 31.8. The molecule has 0 aliphatic rings. The lowest BCUT2D eigenvalue weighted by atomic mass is 9.99. The lowest BCUT2D eigenvalue weighted by molar-refractivity contribution is 1.18. The molecular weight excluding hydrogens is 809 g/mol. The Morgan fingerprint density at radius 2 is 0.906 bits per heavy atom. The van der Waals surface area contributed by atoms with E-state index in [1.165, 1.54) is 79.5 Å². The van der Waals surface area contributed by atoms with Gasteiger partial charge in [-0.1, -0.05) is 194 Å². The molecule has 0 saturated carbocycles. The number of para-hydroxylation sites is 2. The summed E-state index contributed by atoms with van der Waals surface area (Å²) in [5.41, 5.74) is 9.38. The van der Waals surface area contributed by atoms with E-state index in [-0.39, 0.29) is 0 Å². The van der Waals surface area contributed by atoms with E-state index < -0.39 is 8.07 Å². The quantitative estimate of drug-likeness (QED) is 0.104. The molecule has 2 heterocycles. The summed E-state index contributed by atoms with van der Waals surface area (Å²) in [5.74, 6) is 0. The van der Waals surface area contributed by atoms with Gasteiger partial charge >= 0.3 is 0 Å². The number of nitrogens with zero attached hydrogens (tertiary/aromatic N) is 2. The van der Waals surface area contributed by atoms with Gasteiger partial charge in [-0.05, 0) is 92.5 Å². The summed E-state index contributed by atoms with van der Waals surface area (Å²) >= 11 is 1.87. The van der Waals surface area contributed by atoms with E-state index in [4.69, 9.17) is 0 Å². The second kappa shape index (κ2) is 15.9. The molecule has 2 aromatic heterocycles. The van der Waals surface area contributed by atoms with Gasteiger partial charge in [0.25, 0.3) is 0 Å². The molecule has 0 unspecified atom stereocenters. The van der Waals surface area contributed by atoms with E-state index in [1.54, 1.807) is 0 Å². The molecule has 0 aliphatic carbocycles. The normalized spacial score (nSPS) is 11.8. The van der Waals surface area contributed by atoms with Crippen LogP contribution in [0.25, 0.3) is 58.8 Å². The van der Waals surface area contributed by atoms with Crippen molar-refractivity contribution in [2.75, 3.05) is 4.90 Å². The highest BCUT2D eigenvalue weighted by atomic mass is 32.1.